The summed E-state index contributed by atoms with van der Waals surface area (Å²) in [6.07, 6.45) is 1.48. The molecule has 0 atom stereocenters. The summed E-state index contributed by atoms with van der Waals surface area (Å²) in [5, 5.41) is 5.17. The first kappa shape index (κ1) is 26.8. The molecule has 38 heavy (non-hydrogen) atoms. The molecule has 1 N–H and O–H groups in total. The molecule has 1 aliphatic heterocycles. The van der Waals surface area contributed by atoms with Crippen molar-refractivity contribution in [3.63, 3.8) is 0 Å². The molecule has 5 nitrogen and oxygen atoms in total. The van der Waals surface area contributed by atoms with Gasteiger partial charge in [0.15, 0.2) is 5.11 Å². The van der Waals surface area contributed by atoms with Gasteiger partial charge in [-0.3, -0.25) is 19.8 Å². The Bertz CT molecular complexity index is 1650. The van der Waals surface area contributed by atoms with Crippen molar-refractivity contribution in [1.82, 2.24) is 5.32 Å². The molecule has 1 heterocycles. The van der Waals surface area contributed by atoms with Crippen LogP contribution in [0.5, 0.6) is 5.75 Å². The zero-order valence-corrected chi connectivity index (χ0v) is 24.8. The first-order valence-electron chi connectivity index (χ1n) is 11.2. The summed E-state index contributed by atoms with van der Waals surface area (Å²) < 4.78 is 7.38. The summed E-state index contributed by atoms with van der Waals surface area (Å²) in [6.45, 7) is 0.357. The molecular formula is C28H16Br2Cl2N2O3S. The van der Waals surface area contributed by atoms with E-state index in [1.165, 1.54) is 6.08 Å². The number of halogens is 4. The molecule has 5 rings (SSSR count). The van der Waals surface area contributed by atoms with Gasteiger partial charge in [0.2, 0.25) is 0 Å². The molecule has 0 saturated carbocycles. The second-order valence-electron chi connectivity index (χ2n) is 8.31. The molecule has 10 heteroatoms. The van der Waals surface area contributed by atoms with Gasteiger partial charge in [0.05, 0.1) is 24.7 Å². The van der Waals surface area contributed by atoms with Crippen LogP contribution in [-0.2, 0) is 16.2 Å². The highest BCUT2D eigenvalue weighted by Gasteiger charge is 2.35. The second-order valence-corrected chi connectivity index (χ2v) is 11.2. The van der Waals surface area contributed by atoms with Crippen LogP contribution in [0, 0.1) is 0 Å². The molecule has 0 aromatic heterocycles. The number of hydrogen-bond donors (Lipinski definition) is 1. The summed E-state index contributed by atoms with van der Waals surface area (Å²) in [6, 6.07) is 22.7. The fourth-order valence-electron chi connectivity index (χ4n) is 3.99. The van der Waals surface area contributed by atoms with E-state index in [2.05, 4.69) is 61.4 Å². The number of ether oxygens (including phenoxy) is 1. The number of carbonyl (C=O) groups excluding carboxylic acids is 2. The van der Waals surface area contributed by atoms with E-state index in [9.17, 15) is 9.59 Å². The minimum atomic E-state index is -0.619. The molecule has 0 radical (unpaired) electrons. The lowest BCUT2D eigenvalue weighted by atomic mass is 10.1. The Kier molecular flexibility index (Phi) is 7.88. The SMILES string of the molecule is O=C1NC(=S)N(c2cccc(Cl)c2Cl)C(=O)/C1=C/c1cc(Br)c(OCc2ccc3ccccc3c2)c(Br)c1. The van der Waals surface area contributed by atoms with Gasteiger partial charge in [-0.15, -0.1) is 0 Å². The van der Waals surface area contributed by atoms with E-state index in [0.717, 1.165) is 21.2 Å². The van der Waals surface area contributed by atoms with Crippen molar-refractivity contribution >= 4 is 107 Å². The van der Waals surface area contributed by atoms with E-state index < -0.39 is 11.8 Å². The van der Waals surface area contributed by atoms with Gasteiger partial charge in [-0.25, -0.2) is 0 Å². The Labute approximate surface area is 250 Å². The highest BCUT2D eigenvalue weighted by atomic mass is 79.9. The predicted octanol–water partition coefficient (Wildman–Crippen LogP) is 8.08. The molecule has 1 fully saturated rings. The zero-order chi connectivity index (χ0) is 27.0. The number of carbonyl (C=O) groups is 2. The van der Waals surface area contributed by atoms with E-state index in [-0.39, 0.29) is 26.4 Å². The third-order valence-corrected chi connectivity index (χ3v) is 8.07. The average Bonchev–Trinajstić information content (AvgIpc) is 2.88. The molecule has 4 aromatic carbocycles. The fraction of sp³-hybridized carbons (Fsp3) is 0.0357. The number of thiocarbonyl (C=S) groups is 1. The van der Waals surface area contributed by atoms with E-state index in [1.807, 2.05) is 18.2 Å². The van der Waals surface area contributed by atoms with Crippen LogP contribution >= 0.6 is 67.3 Å². The number of benzene rings is 4. The summed E-state index contributed by atoms with van der Waals surface area (Å²) in [5.41, 5.74) is 1.78. The number of fused-ring (bicyclic) bond motifs is 1. The number of hydrogen-bond acceptors (Lipinski definition) is 4. The maximum atomic E-state index is 13.4. The van der Waals surface area contributed by atoms with Gasteiger partial charge in [0.1, 0.15) is 17.9 Å². The summed E-state index contributed by atoms with van der Waals surface area (Å²) in [5.74, 6) is -0.640. The molecule has 0 spiro atoms. The number of anilines is 1. The van der Waals surface area contributed by atoms with E-state index in [0.29, 0.717) is 26.9 Å². The Morgan fingerprint density at radius 1 is 0.921 bits per heavy atom. The van der Waals surface area contributed by atoms with Gasteiger partial charge in [-0.2, -0.15) is 0 Å². The summed E-state index contributed by atoms with van der Waals surface area (Å²) in [4.78, 5) is 27.2. The van der Waals surface area contributed by atoms with Crippen molar-refractivity contribution in [2.45, 2.75) is 6.61 Å². The molecule has 0 unspecified atom stereocenters. The van der Waals surface area contributed by atoms with Crippen LogP contribution in [0.3, 0.4) is 0 Å². The second kappa shape index (κ2) is 11.2. The highest BCUT2D eigenvalue weighted by molar-refractivity contribution is 9.11. The van der Waals surface area contributed by atoms with Gasteiger partial charge < -0.3 is 4.74 Å². The van der Waals surface area contributed by atoms with Crippen LogP contribution in [0.25, 0.3) is 16.8 Å². The van der Waals surface area contributed by atoms with E-state index in [4.69, 9.17) is 40.2 Å². The standard InChI is InChI=1S/C28H16Br2Cl2N2O3S/c29-20-12-16(13-21(30)25(20)37-14-15-8-9-17-4-1-2-5-18(17)10-15)11-19-26(35)33-28(38)34(27(19)36)23-7-3-6-22(31)24(23)32/h1-13H,14H2,(H,33,35,38)/b19-11+. The number of amides is 2. The van der Waals surface area contributed by atoms with Crippen molar-refractivity contribution in [3.8, 4) is 5.75 Å². The van der Waals surface area contributed by atoms with E-state index in [1.54, 1.807) is 30.3 Å². The third kappa shape index (κ3) is 5.37. The first-order valence-corrected chi connectivity index (χ1v) is 13.9. The summed E-state index contributed by atoms with van der Waals surface area (Å²) >= 11 is 24.8. The fourth-order valence-corrected chi connectivity index (χ4v) is 6.10. The molecule has 1 saturated heterocycles. The lowest BCUT2D eigenvalue weighted by Gasteiger charge is -2.29. The average molecular weight is 691 g/mol. The normalized spacial score (nSPS) is 14.8. The monoisotopic (exact) mass is 688 g/mol. The largest absolute Gasteiger partial charge is 0.487 e. The third-order valence-electron chi connectivity index (χ3n) is 5.80. The molecule has 4 aromatic rings. The lowest BCUT2D eigenvalue weighted by Crippen LogP contribution is -2.54. The zero-order valence-electron chi connectivity index (χ0n) is 19.3. The minimum absolute atomic E-state index is 0.0823. The van der Waals surface area contributed by atoms with Gasteiger partial charge in [0.25, 0.3) is 11.8 Å². The summed E-state index contributed by atoms with van der Waals surface area (Å²) in [7, 11) is 0. The van der Waals surface area contributed by atoms with Crippen LogP contribution in [0.1, 0.15) is 11.1 Å². The Morgan fingerprint density at radius 2 is 1.63 bits per heavy atom. The van der Waals surface area contributed by atoms with Crippen LogP contribution in [-0.4, -0.2) is 16.9 Å². The van der Waals surface area contributed by atoms with E-state index >= 15 is 0 Å². The quantitative estimate of drug-likeness (QED) is 0.131. The first-order chi connectivity index (χ1) is 18.2. The molecule has 2 amide bonds. The van der Waals surface area contributed by atoms with Gasteiger partial charge in [0, 0.05) is 0 Å². The Balaban J connectivity index is 1.41. The molecular weight excluding hydrogens is 675 g/mol. The van der Waals surface area contributed by atoms with Crippen molar-refractivity contribution in [2.75, 3.05) is 4.90 Å². The van der Waals surface area contributed by atoms with Gasteiger partial charge in [-0.1, -0.05) is 65.7 Å². The maximum absolute atomic E-state index is 13.4. The molecule has 1 aliphatic rings. The van der Waals surface area contributed by atoms with Crippen LogP contribution in [0.4, 0.5) is 5.69 Å². The molecule has 0 bridgehead atoms. The molecule has 0 aliphatic carbocycles. The van der Waals surface area contributed by atoms with Crippen LogP contribution in [0.2, 0.25) is 10.0 Å². The Morgan fingerprint density at radius 3 is 2.37 bits per heavy atom. The van der Waals surface area contributed by atoms with Crippen LogP contribution < -0.4 is 15.0 Å². The lowest BCUT2D eigenvalue weighted by molar-refractivity contribution is -0.122. The van der Waals surface area contributed by atoms with Crippen molar-refractivity contribution in [2.24, 2.45) is 0 Å². The smallest absolute Gasteiger partial charge is 0.270 e. The van der Waals surface area contributed by atoms with Crippen molar-refractivity contribution < 1.29 is 14.3 Å². The van der Waals surface area contributed by atoms with Gasteiger partial charge in [-0.05, 0) is 102 Å². The van der Waals surface area contributed by atoms with Crippen molar-refractivity contribution in [3.05, 3.63) is 108 Å². The highest BCUT2D eigenvalue weighted by Crippen LogP contribution is 2.37. The van der Waals surface area contributed by atoms with Gasteiger partial charge >= 0.3 is 0 Å². The number of nitrogens with one attached hydrogen (secondary N) is 1. The molecule has 190 valence electrons. The van der Waals surface area contributed by atoms with Crippen molar-refractivity contribution in [1.29, 1.82) is 0 Å². The Hall–Kier alpha value is -2.75. The minimum Gasteiger partial charge on any atom is -0.487 e. The number of rotatable bonds is 5. The topological polar surface area (TPSA) is 58.6 Å². The van der Waals surface area contributed by atoms with Crippen LogP contribution in [0.15, 0.2) is 87.3 Å². The maximum Gasteiger partial charge on any atom is 0.270 e. The predicted molar refractivity (Wildman–Crippen MR) is 163 cm³/mol. The number of nitrogens with zero attached hydrogens (tertiary/aromatic N) is 1.